The number of allylic oxidation sites excluding steroid dienone is 2. The van der Waals surface area contributed by atoms with E-state index in [1.165, 1.54) is 64.2 Å². The fraction of sp³-hybridized carbons (Fsp3) is 0.789. The molecule has 0 saturated heterocycles. The van der Waals surface area contributed by atoms with Gasteiger partial charge in [0, 0.05) is 12.4 Å². The molecule has 2 N–H and O–H groups in total. The highest BCUT2D eigenvalue weighted by Gasteiger charge is 2.20. The van der Waals surface area contributed by atoms with Gasteiger partial charge in [-0.25, -0.2) is 0 Å². The second-order valence-corrected chi connectivity index (χ2v) is 6.39. The monoisotopic (exact) mass is 308 g/mol. The molecule has 0 aliphatic carbocycles. The van der Waals surface area contributed by atoms with E-state index in [9.17, 15) is 5.11 Å². The summed E-state index contributed by atoms with van der Waals surface area (Å²) in [5, 5.41) is 12.9. The van der Waals surface area contributed by atoms with Gasteiger partial charge in [0.15, 0.2) is 0 Å². The number of nitrogens with one attached hydrogen (secondary N) is 1. The molecule has 2 atom stereocenters. The molecule has 0 fully saturated rings. The van der Waals surface area contributed by atoms with Gasteiger partial charge in [0.25, 0.3) is 0 Å². The average molecular weight is 309 g/mol. The third kappa shape index (κ3) is 8.47. The van der Waals surface area contributed by atoms with Crippen LogP contribution in [0.5, 0.6) is 0 Å². The number of hydrogen-bond donors (Lipinski definition) is 2. The lowest BCUT2D eigenvalue weighted by Gasteiger charge is -2.28. The maximum absolute atomic E-state index is 9.64. The van der Waals surface area contributed by atoms with Gasteiger partial charge in [-0.1, -0.05) is 57.6 Å². The molecule has 2 unspecified atom stereocenters. The molecule has 0 aromatic carbocycles. The second-order valence-electron chi connectivity index (χ2n) is 6.39. The molecule has 1 aliphatic rings. The highest BCUT2D eigenvalue weighted by molar-refractivity contribution is 4.94. The van der Waals surface area contributed by atoms with E-state index in [-0.39, 0.29) is 6.17 Å². The zero-order chi connectivity index (χ0) is 16.0. The summed E-state index contributed by atoms with van der Waals surface area (Å²) in [6, 6.07) is 0. The van der Waals surface area contributed by atoms with Crippen molar-refractivity contribution in [3.05, 3.63) is 24.6 Å². The molecule has 3 heteroatoms. The van der Waals surface area contributed by atoms with Gasteiger partial charge < -0.3 is 15.3 Å². The highest BCUT2D eigenvalue weighted by atomic mass is 16.3. The molecular formula is C19H36N2O. The topological polar surface area (TPSA) is 35.5 Å². The predicted octanol–water partition coefficient (Wildman–Crippen LogP) is 4.89. The molecule has 0 spiro atoms. The van der Waals surface area contributed by atoms with E-state index in [4.69, 9.17) is 0 Å². The quantitative estimate of drug-likeness (QED) is 0.375. The Balaban J connectivity index is 1.87. The van der Waals surface area contributed by atoms with Gasteiger partial charge in [-0.2, -0.15) is 0 Å². The number of aliphatic hydroxyl groups is 1. The molecule has 1 aliphatic heterocycles. The Bertz CT molecular complexity index is 313. The van der Waals surface area contributed by atoms with Crippen LogP contribution >= 0.6 is 0 Å². The van der Waals surface area contributed by atoms with E-state index < -0.39 is 6.23 Å². The van der Waals surface area contributed by atoms with Crippen LogP contribution in [0.4, 0.5) is 0 Å². The van der Waals surface area contributed by atoms with Crippen molar-refractivity contribution in [1.29, 1.82) is 0 Å². The van der Waals surface area contributed by atoms with Crippen LogP contribution in [0.15, 0.2) is 24.6 Å². The molecule has 128 valence electrons. The third-order valence-electron chi connectivity index (χ3n) is 4.32. The van der Waals surface area contributed by atoms with E-state index in [0.717, 1.165) is 6.42 Å². The van der Waals surface area contributed by atoms with Crippen molar-refractivity contribution in [2.45, 2.75) is 96.9 Å². The van der Waals surface area contributed by atoms with Gasteiger partial charge in [0.05, 0.1) is 0 Å². The Kier molecular flexibility index (Phi) is 10.9. The van der Waals surface area contributed by atoms with E-state index >= 15 is 0 Å². The lowest BCUT2D eigenvalue weighted by molar-refractivity contribution is 0.0254. The van der Waals surface area contributed by atoms with Crippen molar-refractivity contribution in [2.75, 3.05) is 0 Å². The number of rotatable bonds is 13. The molecule has 0 aromatic rings. The number of nitrogens with zero attached hydrogens (tertiary/aromatic N) is 1. The average Bonchev–Trinajstić information content (AvgIpc) is 2.97. The number of aliphatic hydroxyl groups excluding tert-OH is 1. The molecule has 1 rings (SSSR count). The lowest BCUT2D eigenvalue weighted by Crippen LogP contribution is -2.40. The lowest BCUT2D eigenvalue weighted by atomic mass is 10.1. The largest absolute Gasteiger partial charge is 0.374 e. The molecule has 1 heterocycles. The van der Waals surface area contributed by atoms with E-state index in [1.807, 2.05) is 24.2 Å². The van der Waals surface area contributed by atoms with Crippen molar-refractivity contribution in [3.63, 3.8) is 0 Å². The standard InChI is InChI=1S/C19H36N2O/c1-3-4-5-6-7-8-9-10-11-12-13-14-15-19-20-16-17-21(19)18(2)22/h6-7,16-20,22H,3-5,8-15H2,1-2H3/b7-6+. The Labute approximate surface area is 137 Å². The summed E-state index contributed by atoms with van der Waals surface area (Å²) < 4.78 is 0. The zero-order valence-electron chi connectivity index (χ0n) is 14.6. The predicted molar refractivity (Wildman–Crippen MR) is 95.2 cm³/mol. The molecule has 0 amide bonds. The molecule has 22 heavy (non-hydrogen) atoms. The minimum atomic E-state index is -0.401. The molecule has 0 bridgehead atoms. The van der Waals surface area contributed by atoms with Crippen LogP contribution in [0.25, 0.3) is 0 Å². The summed E-state index contributed by atoms with van der Waals surface area (Å²) in [5.74, 6) is 0. The van der Waals surface area contributed by atoms with Crippen LogP contribution in [0.1, 0.15) is 84.5 Å². The first-order valence-corrected chi connectivity index (χ1v) is 9.29. The first-order valence-electron chi connectivity index (χ1n) is 9.29. The van der Waals surface area contributed by atoms with Gasteiger partial charge in [-0.15, -0.1) is 0 Å². The van der Waals surface area contributed by atoms with E-state index in [2.05, 4.69) is 24.4 Å². The van der Waals surface area contributed by atoms with Crippen LogP contribution in [-0.4, -0.2) is 22.4 Å². The maximum atomic E-state index is 9.64. The smallest absolute Gasteiger partial charge is 0.125 e. The molecule has 0 saturated carbocycles. The number of unbranched alkanes of at least 4 members (excludes halogenated alkanes) is 8. The third-order valence-corrected chi connectivity index (χ3v) is 4.32. The van der Waals surface area contributed by atoms with Crippen LogP contribution in [0.2, 0.25) is 0 Å². The fourth-order valence-electron chi connectivity index (χ4n) is 2.91. The van der Waals surface area contributed by atoms with Crippen LogP contribution in [0, 0.1) is 0 Å². The molecule has 3 nitrogen and oxygen atoms in total. The van der Waals surface area contributed by atoms with Crippen LogP contribution < -0.4 is 5.32 Å². The number of hydrogen-bond acceptors (Lipinski definition) is 3. The first-order chi connectivity index (χ1) is 10.8. The van der Waals surface area contributed by atoms with Crippen molar-refractivity contribution in [1.82, 2.24) is 10.2 Å². The molecule has 0 radical (unpaired) electrons. The Morgan fingerprint density at radius 1 is 1.05 bits per heavy atom. The summed E-state index contributed by atoms with van der Waals surface area (Å²) in [6.07, 6.45) is 22.7. The normalized spacial score (nSPS) is 19.0. The maximum Gasteiger partial charge on any atom is 0.125 e. The summed E-state index contributed by atoms with van der Waals surface area (Å²) in [5.41, 5.74) is 0. The fourth-order valence-corrected chi connectivity index (χ4v) is 2.91. The Hall–Kier alpha value is -0.960. The zero-order valence-corrected chi connectivity index (χ0v) is 14.6. The van der Waals surface area contributed by atoms with E-state index in [1.54, 1.807) is 0 Å². The first kappa shape index (κ1) is 19.1. The Morgan fingerprint density at radius 2 is 1.68 bits per heavy atom. The molecule has 0 aromatic heterocycles. The SMILES string of the molecule is CCCC/C=C/CCCCCCCCC1NC=CN1C(C)O. The van der Waals surface area contributed by atoms with Gasteiger partial charge in [0.2, 0.25) is 0 Å². The summed E-state index contributed by atoms with van der Waals surface area (Å²) in [7, 11) is 0. The summed E-state index contributed by atoms with van der Waals surface area (Å²) >= 11 is 0. The minimum absolute atomic E-state index is 0.285. The van der Waals surface area contributed by atoms with Crippen molar-refractivity contribution in [3.8, 4) is 0 Å². The minimum Gasteiger partial charge on any atom is -0.374 e. The van der Waals surface area contributed by atoms with Crippen LogP contribution in [-0.2, 0) is 0 Å². The van der Waals surface area contributed by atoms with E-state index in [0.29, 0.717) is 0 Å². The van der Waals surface area contributed by atoms with Crippen molar-refractivity contribution < 1.29 is 5.11 Å². The van der Waals surface area contributed by atoms with Gasteiger partial charge in [0.1, 0.15) is 12.4 Å². The second kappa shape index (κ2) is 12.6. The van der Waals surface area contributed by atoms with Crippen molar-refractivity contribution >= 4 is 0 Å². The van der Waals surface area contributed by atoms with Crippen molar-refractivity contribution in [2.24, 2.45) is 0 Å². The summed E-state index contributed by atoms with van der Waals surface area (Å²) in [6.45, 7) is 4.07. The van der Waals surface area contributed by atoms with Crippen LogP contribution in [0.3, 0.4) is 0 Å². The van der Waals surface area contributed by atoms with Gasteiger partial charge in [-0.3, -0.25) is 0 Å². The van der Waals surface area contributed by atoms with Gasteiger partial charge >= 0.3 is 0 Å². The summed E-state index contributed by atoms with van der Waals surface area (Å²) in [4.78, 5) is 1.99. The molecular weight excluding hydrogens is 272 g/mol. The highest BCUT2D eigenvalue weighted by Crippen LogP contribution is 2.16. The van der Waals surface area contributed by atoms with Gasteiger partial charge in [-0.05, 0) is 39.0 Å². The Morgan fingerprint density at radius 3 is 2.36 bits per heavy atom.